The lowest BCUT2D eigenvalue weighted by molar-refractivity contribution is 0.00628. The topological polar surface area (TPSA) is 75.6 Å². The Labute approximate surface area is 211 Å². The lowest BCUT2D eigenvalue weighted by Gasteiger charge is -2.35. The average Bonchev–Trinajstić information content (AvgIpc) is 3.34. The summed E-state index contributed by atoms with van der Waals surface area (Å²) in [6.07, 6.45) is 1.01. The number of benzene rings is 3. The van der Waals surface area contributed by atoms with Crippen LogP contribution in [0, 0.1) is 5.92 Å². The van der Waals surface area contributed by atoms with Gasteiger partial charge in [-0.3, -0.25) is 0 Å². The maximum atomic E-state index is 11.5. The maximum absolute atomic E-state index is 11.5. The normalized spacial score (nSPS) is 20.0. The summed E-state index contributed by atoms with van der Waals surface area (Å²) >= 11 is 0. The lowest BCUT2D eigenvalue weighted by atomic mass is 9.75. The molecule has 0 fully saturated rings. The lowest BCUT2D eigenvalue weighted by Crippen LogP contribution is -2.37. The first kappa shape index (κ1) is 24.1. The molecule has 190 valence electrons. The van der Waals surface area contributed by atoms with Crippen molar-refractivity contribution in [1.82, 2.24) is 0 Å². The highest BCUT2D eigenvalue weighted by Crippen LogP contribution is 2.57. The number of ether oxygens (including phenoxy) is 6. The number of hydrogen-bond donors (Lipinski definition) is 1. The summed E-state index contributed by atoms with van der Waals surface area (Å²) in [5, 5.41) is 11.5. The highest BCUT2D eigenvalue weighted by atomic mass is 16.7. The number of rotatable bonds is 6. The SMILES string of the molecule is COc1c(OCc2ccccc2)cc2c(c1OC)-c1c(cc3c(c1OC)OCO3)C[C@H](C)[C@@](C)(O)C2. The average molecular weight is 493 g/mol. The van der Waals surface area contributed by atoms with Gasteiger partial charge in [0, 0.05) is 17.5 Å². The van der Waals surface area contributed by atoms with Gasteiger partial charge < -0.3 is 33.5 Å². The summed E-state index contributed by atoms with van der Waals surface area (Å²) in [5.41, 5.74) is 3.54. The van der Waals surface area contributed by atoms with Gasteiger partial charge in [-0.2, -0.15) is 0 Å². The monoisotopic (exact) mass is 492 g/mol. The quantitative estimate of drug-likeness (QED) is 0.509. The van der Waals surface area contributed by atoms with Crippen LogP contribution >= 0.6 is 0 Å². The van der Waals surface area contributed by atoms with Gasteiger partial charge in [-0.15, -0.1) is 0 Å². The molecule has 0 radical (unpaired) electrons. The molecule has 5 rings (SSSR count). The molecular weight excluding hydrogens is 460 g/mol. The van der Waals surface area contributed by atoms with E-state index in [0.717, 1.165) is 27.8 Å². The van der Waals surface area contributed by atoms with Crippen LogP contribution in [0.1, 0.15) is 30.5 Å². The fourth-order valence-electron chi connectivity index (χ4n) is 5.11. The van der Waals surface area contributed by atoms with E-state index in [2.05, 4.69) is 6.92 Å². The van der Waals surface area contributed by atoms with Gasteiger partial charge >= 0.3 is 0 Å². The number of hydrogen-bond acceptors (Lipinski definition) is 7. The zero-order valence-corrected chi connectivity index (χ0v) is 21.3. The molecule has 1 aliphatic heterocycles. The minimum Gasteiger partial charge on any atom is -0.492 e. The standard InChI is InChI=1S/C29H32O7/c1-17-11-19-12-22-26(36-16-35-22)28(33-5)23(19)24-20(14-29(17,2)30)13-21(25(31-3)27(24)32-4)34-15-18-9-7-6-8-10-18/h6-10,12-13,17,30H,11,14-16H2,1-5H3/t17-,29-/m0/s1. The summed E-state index contributed by atoms with van der Waals surface area (Å²) in [6, 6.07) is 13.9. The third kappa shape index (κ3) is 4.07. The van der Waals surface area contributed by atoms with E-state index in [4.69, 9.17) is 28.4 Å². The smallest absolute Gasteiger partial charge is 0.231 e. The molecule has 7 nitrogen and oxygen atoms in total. The Kier molecular flexibility index (Phi) is 6.35. The molecule has 0 amide bonds. The zero-order valence-electron chi connectivity index (χ0n) is 21.3. The zero-order chi connectivity index (χ0) is 25.4. The summed E-state index contributed by atoms with van der Waals surface area (Å²) in [5.74, 6) is 3.26. The summed E-state index contributed by atoms with van der Waals surface area (Å²) in [7, 11) is 4.83. The number of fused-ring (bicyclic) bond motifs is 4. The van der Waals surface area contributed by atoms with E-state index in [1.807, 2.05) is 49.4 Å². The number of aliphatic hydroxyl groups is 1. The molecule has 2 aliphatic rings. The minimum atomic E-state index is -0.980. The fourth-order valence-corrected chi connectivity index (χ4v) is 5.11. The van der Waals surface area contributed by atoms with Crippen molar-refractivity contribution in [3.05, 3.63) is 59.2 Å². The van der Waals surface area contributed by atoms with Crippen molar-refractivity contribution in [3.8, 4) is 45.6 Å². The molecule has 7 heteroatoms. The van der Waals surface area contributed by atoms with Crippen LogP contribution in [0.2, 0.25) is 0 Å². The largest absolute Gasteiger partial charge is 0.492 e. The van der Waals surface area contributed by atoms with E-state index in [9.17, 15) is 5.11 Å². The molecule has 1 N–H and O–H groups in total. The second-order valence-electron chi connectivity index (χ2n) is 9.57. The van der Waals surface area contributed by atoms with Crippen molar-refractivity contribution in [2.45, 2.75) is 38.9 Å². The van der Waals surface area contributed by atoms with E-state index in [1.165, 1.54) is 0 Å². The van der Waals surface area contributed by atoms with Crippen molar-refractivity contribution in [2.24, 2.45) is 5.92 Å². The van der Waals surface area contributed by atoms with Crippen LogP contribution in [0.15, 0.2) is 42.5 Å². The van der Waals surface area contributed by atoms with Gasteiger partial charge in [-0.25, -0.2) is 0 Å². The fraction of sp³-hybridized carbons (Fsp3) is 0.379. The molecule has 36 heavy (non-hydrogen) atoms. The van der Waals surface area contributed by atoms with Crippen LogP contribution in [-0.2, 0) is 19.4 Å². The summed E-state index contributed by atoms with van der Waals surface area (Å²) in [4.78, 5) is 0. The van der Waals surface area contributed by atoms with Crippen LogP contribution in [0.5, 0.6) is 34.5 Å². The van der Waals surface area contributed by atoms with E-state index in [1.54, 1.807) is 21.3 Å². The Morgan fingerprint density at radius 3 is 2.31 bits per heavy atom. The maximum Gasteiger partial charge on any atom is 0.231 e. The molecule has 0 saturated heterocycles. The molecule has 2 atom stereocenters. The first-order valence-electron chi connectivity index (χ1n) is 12.0. The third-order valence-electron chi connectivity index (χ3n) is 7.22. The third-order valence-corrected chi connectivity index (χ3v) is 7.22. The molecule has 0 spiro atoms. The number of methoxy groups -OCH3 is 3. The van der Waals surface area contributed by atoms with Gasteiger partial charge in [0.1, 0.15) is 6.61 Å². The Morgan fingerprint density at radius 1 is 0.917 bits per heavy atom. The Bertz CT molecular complexity index is 1270. The molecular formula is C29H32O7. The molecule has 0 bridgehead atoms. The van der Waals surface area contributed by atoms with Gasteiger partial charge in [-0.1, -0.05) is 37.3 Å². The van der Waals surface area contributed by atoms with E-state index < -0.39 is 5.60 Å². The van der Waals surface area contributed by atoms with Gasteiger partial charge in [0.2, 0.25) is 18.3 Å². The molecule has 3 aromatic rings. The predicted octanol–water partition coefficient (Wildman–Crippen LogP) is 5.17. The van der Waals surface area contributed by atoms with Crippen LogP contribution in [0.4, 0.5) is 0 Å². The minimum absolute atomic E-state index is 0.0451. The van der Waals surface area contributed by atoms with Crippen molar-refractivity contribution < 1.29 is 33.5 Å². The van der Waals surface area contributed by atoms with Crippen molar-refractivity contribution in [1.29, 1.82) is 0 Å². The Morgan fingerprint density at radius 2 is 1.61 bits per heavy atom. The molecule has 1 aliphatic carbocycles. The van der Waals surface area contributed by atoms with E-state index >= 15 is 0 Å². The van der Waals surface area contributed by atoms with Crippen LogP contribution in [0.3, 0.4) is 0 Å². The van der Waals surface area contributed by atoms with Gasteiger partial charge in [-0.05, 0) is 48.1 Å². The van der Waals surface area contributed by atoms with Crippen LogP contribution in [0.25, 0.3) is 11.1 Å². The van der Waals surface area contributed by atoms with Crippen molar-refractivity contribution >= 4 is 0 Å². The molecule has 0 unspecified atom stereocenters. The van der Waals surface area contributed by atoms with Gasteiger partial charge in [0.05, 0.1) is 26.9 Å². The molecule has 1 heterocycles. The predicted molar refractivity (Wildman–Crippen MR) is 136 cm³/mol. The van der Waals surface area contributed by atoms with E-state index in [-0.39, 0.29) is 12.7 Å². The van der Waals surface area contributed by atoms with Gasteiger partial charge in [0.15, 0.2) is 23.0 Å². The van der Waals surface area contributed by atoms with Gasteiger partial charge in [0.25, 0.3) is 0 Å². The van der Waals surface area contributed by atoms with Crippen LogP contribution < -0.4 is 28.4 Å². The van der Waals surface area contributed by atoms with Crippen LogP contribution in [-0.4, -0.2) is 38.8 Å². The molecule has 0 saturated carbocycles. The van der Waals surface area contributed by atoms with E-state index in [0.29, 0.717) is 53.9 Å². The second-order valence-corrected chi connectivity index (χ2v) is 9.57. The van der Waals surface area contributed by atoms with Crippen molar-refractivity contribution in [2.75, 3.05) is 28.1 Å². The summed E-state index contributed by atoms with van der Waals surface area (Å²) in [6.45, 7) is 4.42. The molecule has 0 aromatic heterocycles. The Balaban J connectivity index is 1.76. The highest BCUT2D eigenvalue weighted by Gasteiger charge is 2.38. The van der Waals surface area contributed by atoms with Crippen molar-refractivity contribution in [3.63, 3.8) is 0 Å². The first-order valence-corrected chi connectivity index (χ1v) is 12.0. The second kappa shape index (κ2) is 9.47. The Hall–Kier alpha value is -3.58. The molecule has 3 aromatic carbocycles. The first-order chi connectivity index (χ1) is 17.4. The highest BCUT2D eigenvalue weighted by molar-refractivity contribution is 5.88. The summed E-state index contributed by atoms with van der Waals surface area (Å²) < 4.78 is 35.5.